The van der Waals surface area contributed by atoms with E-state index in [2.05, 4.69) is 36.8 Å². The number of furan rings is 1. The van der Waals surface area contributed by atoms with E-state index >= 15 is 0 Å². The van der Waals surface area contributed by atoms with Gasteiger partial charge in [-0.05, 0) is 52.4 Å². The second kappa shape index (κ2) is 5.69. The Labute approximate surface area is 104 Å². The zero-order valence-corrected chi connectivity index (χ0v) is 11.2. The minimum absolute atomic E-state index is 0.662. The van der Waals surface area contributed by atoms with Crippen molar-refractivity contribution in [1.82, 2.24) is 9.80 Å². The van der Waals surface area contributed by atoms with Crippen molar-refractivity contribution in [3.8, 4) is 0 Å². The molecule has 3 nitrogen and oxygen atoms in total. The smallest absolute Gasteiger partial charge is 0.117 e. The minimum Gasteiger partial charge on any atom is -0.468 e. The van der Waals surface area contributed by atoms with E-state index in [0.29, 0.717) is 12.1 Å². The second-order valence-electron chi connectivity index (χ2n) is 5.38. The molecular formula is C14H24N2O. The van der Waals surface area contributed by atoms with Crippen molar-refractivity contribution in [3.63, 3.8) is 0 Å². The lowest BCUT2D eigenvalue weighted by molar-refractivity contribution is 0.0876. The second-order valence-corrected chi connectivity index (χ2v) is 5.38. The van der Waals surface area contributed by atoms with Crippen molar-refractivity contribution >= 4 is 0 Å². The molecule has 96 valence electrons. The summed E-state index contributed by atoms with van der Waals surface area (Å²) < 4.78 is 5.41. The van der Waals surface area contributed by atoms with Crippen LogP contribution in [-0.4, -0.2) is 42.0 Å². The average molecular weight is 236 g/mol. The van der Waals surface area contributed by atoms with Crippen LogP contribution in [-0.2, 0) is 6.54 Å². The first-order chi connectivity index (χ1) is 8.16. The van der Waals surface area contributed by atoms with Crippen LogP contribution in [0.2, 0.25) is 0 Å². The zero-order chi connectivity index (χ0) is 12.3. The van der Waals surface area contributed by atoms with Gasteiger partial charge in [0.25, 0.3) is 0 Å². The van der Waals surface area contributed by atoms with Crippen LogP contribution in [0.25, 0.3) is 0 Å². The number of hydrogen-bond acceptors (Lipinski definition) is 3. The van der Waals surface area contributed by atoms with E-state index in [1.54, 1.807) is 6.26 Å². The summed E-state index contributed by atoms with van der Waals surface area (Å²) in [6, 6.07) is 5.34. The monoisotopic (exact) mass is 236 g/mol. The fourth-order valence-electron chi connectivity index (χ4n) is 2.59. The topological polar surface area (TPSA) is 19.6 Å². The Morgan fingerprint density at radius 2 is 2.35 bits per heavy atom. The van der Waals surface area contributed by atoms with Crippen LogP contribution in [0.1, 0.15) is 32.4 Å². The fourth-order valence-corrected chi connectivity index (χ4v) is 2.59. The molecule has 2 rings (SSSR count). The predicted molar refractivity (Wildman–Crippen MR) is 69.9 cm³/mol. The molecule has 0 N–H and O–H groups in total. The molecule has 0 spiro atoms. The van der Waals surface area contributed by atoms with E-state index in [4.69, 9.17) is 4.42 Å². The maximum absolute atomic E-state index is 5.41. The maximum Gasteiger partial charge on any atom is 0.117 e. The molecule has 0 saturated carbocycles. The first kappa shape index (κ1) is 12.7. The highest BCUT2D eigenvalue weighted by Crippen LogP contribution is 2.18. The van der Waals surface area contributed by atoms with Crippen molar-refractivity contribution in [3.05, 3.63) is 24.2 Å². The van der Waals surface area contributed by atoms with Gasteiger partial charge in [0, 0.05) is 18.6 Å². The molecule has 1 atom stereocenters. The summed E-state index contributed by atoms with van der Waals surface area (Å²) >= 11 is 0. The molecule has 0 aliphatic carbocycles. The van der Waals surface area contributed by atoms with Crippen LogP contribution < -0.4 is 0 Å². The van der Waals surface area contributed by atoms with Crippen LogP contribution in [0.3, 0.4) is 0 Å². The van der Waals surface area contributed by atoms with E-state index in [9.17, 15) is 0 Å². The van der Waals surface area contributed by atoms with E-state index in [1.807, 2.05) is 6.07 Å². The molecule has 1 aliphatic rings. The Kier molecular flexibility index (Phi) is 4.24. The van der Waals surface area contributed by atoms with Crippen LogP contribution in [0.4, 0.5) is 0 Å². The van der Waals surface area contributed by atoms with Gasteiger partial charge >= 0.3 is 0 Å². The van der Waals surface area contributed by atoms with E-state index in [-0.39, 0.29) is 0 Å². The third kappa shape index (κ3) is 3.33. The van der Waals surface area contributed by atoms with E-state index < -0.39 is 0 Å². The van der Waals surface area contributed by atoms with Gasteiger partial charge in [-0.25, -0.2) is 0 Å². The SMILES string of the molecule is CC(C)N1CCCC(N(C)Cc2ccco2)C1. The molecule has 0 radical (unpaired) electrons. The van der Waals surface area contributed by atoms with Crippen molar-refractivity contribution in [2.75, 3.05) is 20.1 Å². The van der Waals surface area contributed by atoms with Crippen LogP contribution in [0.5, 0.6) is 0 Å². The number of likely N-dealkylation sites (tertiary alicyclic amines) is 1. The third-order valence-electron chi connectivity index (χ3n) is 3.77. The van der Waals surface area contributed by atoms with Crippen molar-refractivity contribution < 1.29 is 4.42 Å². The fraction of sp³-hybridized carbons (Fsp3) is 0.714. The van der Waals surface area contributed by atoms with Crippen molar-refractivity contribution in [2.45, 2.75) is 45.3 Å². The maximum atomic E-state index is 5.41. The molecule has 1 aliphatic heterocycles. The Morgan fingerprint density at radius 1 is 1.53 bits per heavy atom. The zero-order valence-electron chi connectivity index (χ0n) is 11.2. The Balaban J connectivity index is 1.88. The lowest BCUT2D eigenvalue weighted by Crippen LogP contribution is -2.48. The summed E-state index contributed by atoms with van der Waals surface area (Å²) in [4.78, 5) is 5.00. The summed E-state index contributed by atoms with van der Waals surface area (Å²) in [6.07, 6.45) is 4.37. The molecule has 0 amide bonds. The molecule has 1 aromatic heterocycles. The predicted octanol–water partition coefficient (Wildman–Crippen LogP) is 2.58. The molecule has 0 bridgehead atoms. The van der Waals surface area contributed by atoms with Gasteiger partial charge in [-0.2, -0.15) is 0 Å². The van der Waals surface area contributed by atoms with Gasteiger partial charge in [0.15, 0.2) is 0 Å². The summed E-state index contributed by atoms with van der Waals surface area (Å²) in [6.45, 7) is 7.94. The van der Waals surface area contributed by atoms with Gasteiger partial charge in [0.05, 0.1) is 12.8 Å². The number of hydrogen-bond donors (Lipinski definition) is 0. The van der Waals surface area contributed by atoms with Crippen molar-refractivity contribution in [2.24, 2.45) is 0 Å². The van der Waals surface area contributed by atoms with Gasteiger partial charge < -0.3 is 4.42 Å². The standard InChI is InChI=1S/C14H24N2O/c1-12(2)16-8-4-6-13(10-16)15(3)11-14-7-5-9-17-14/h5,7,9,12-13H,4,6,8,10-11H2,1-3H3. The normalized spacial score (nSPS) is 22.5. The molecule has 1 unspecified atom stereocenters. The molecule has 0 aromatic carbocycles. The third-order valence-corrected chi connectivity index (χ3v) is 3.77. The van der Waals surface area contributed by atoms with E-state index in [1.165, 1.54) is 25.9 Å². The summed E-state index contributed by atoms with van der Waals surface area (Å²) in [5.74, 6) is 1.06. The van der Waals surface area contributed by atoms with Crippen molar-refractivity contribution in [1.29, 1.82) is 0 Å². The highest BCUT2D eigenvalue weighted by molar-refractivity contribution is 4.98. The Bertz CT molecular complexity index is 321. The number of nitrogens with zero attached hydrogens (tertiary/aromatic N) is 2. The van der Waals surface area contributed by atoms with Gasteiger partial charge in [0.1, 0.15) is 5.76 Å². The highest BCUT2D eigenvalue weighted by atomic mass is 16.3. The van der Waals surface area contributed by atoms with E-state index in [0.717, 1.165) is 12.3 Å². The molecule has 1 aromatic rings. The molecule has 2 heterocycles. The van der Waals surface area contributed by atoms with Crippen LogP contribution in [0.15, 0.2) is 22.8 Å². The summed E-state index contributed by atoms with van der Waals surface area (Å²) in [7, 11) is 2.21. The minimum atomic E-state index is 0.662. The summed E-state index contributed by atoms with van der Waals surface area (Å²) in [5, 5.41) is 0. The Hall–Kier alpha value is -0.800. The average Bonchev–Trinajstić information content (AvgIpc) is 2.82. The molecule has 1 fully saturated rings. The highest BCUT2D eigenvalue weighted by Gasteiger charge is 2.24. The van der Waals surface area contributed by atoms with Gasteiger partial charge in [0.2, 0.25) is 0 Å². The number of likely N-dealkylation sites (N-methyl/N-ethyl adjacent to an activating group) is 1. The largest absolute Gasteiger partial charge is 0.468 e. The number of rotatable bonds is 4. The molecule has 3 heteroatoms. The summed E-state index contributed by atoms with van der Waals surface area (Å²) in [5.41, 5.74) is 0. The lowest BCUT2D eigenvalue weighted by atomic mass is 10.0. The molecule has 17 heavy (non-hydrogen) atoms. The quantitative estimate of drug-likeness (QED) is 0.801. The van der Waals surface area contributed by atoms with Crippen LogP contribution in [0, 0.1) is 0 Å². The molecular weight excluding hydrogens is 212 g/mol. The van der Waals surface area contributed by atoms with Gasteiger partial charge in [-0.15, -0.1) is 0 Å². The lowest BCUT2D eigenvalue weighted by Gasteiger charge is -2.39. The Morgan fingerprint density at radius 3 is 3.00 bits per heavy atom. The van der Waals surface area contributed by atoms with Gasteiger partial charge in [-0.3, -0.25) is 9.80 Å². The van der Waals surface area contributed by atoms with Crippen LogP contribution >= 0.6 is 0 Å². The number of piperidine rings is 1. The van der Waals surface area contributed by atoms with Gasteiger partial charge in [-0.1, -0.05) is 0 Å². The first-order valence-corrected chi connectivity index (χ1v) is 6.63. The first-order valence-electron chi connectivity index (χ1n) is 6.63. The molecule has 1 saturated heterocycles.